The first-order valence-electron chi connectivity index (χ1n) is 8.83. The van der Waals surface area contributed by atoms with E-state index in [1.165, 1.54) is 5.56 Å². The van der Waals surface area contributed by atoms with Crippen LogP contribution in [0, 0.1) is 13.8 Å². The number of ether oxygens (including phenoxy) is 1. The lowest BCUT2D eigenvalue weighted by Gasteiger charge is -2.19. The SMILES string of the molecule is CCN(CC)C(=O)c1cccc(NC(=O)COc2ccc(C)c(C)c2)c1. The lowest BCUT2D eigenvalue weighted by Crippen LogP contribution is -2.30. The van der Waals surface area contributed by atoms with Crippen LogP contribution in [0.1, 0.15) is 35.3 Å². The first-order chi connectivity index (χ1) is 12.4. The number of carbonyl (C=O) groups is 2. The van der Waals surface area contributed by atoms with Crippen LogP contribution in [0.2, 0.25) is 0 Å². The van der Waals surface area contributed by atoms with Crippen LogP contribution in [0.25, 0.3) is 0 Å². The molecule has 0 bridgehead atoms. The highest BCUT2D eigenvalue weighted by Gasteiger charge is 2.13. The maximum atomic E-state index is 12.4. The van der Waals surface area contributed by atoms with Gasteiger partial charge in [0.2, 0.25) is 0 Å². The minimum atomic E-state index is -0.268. The summed E-state index contributed by atoms with van der Waals surface area (Å²) in [6, 6.07) is 12.7. The highest BCUT2D eigenvalue weighted by Crippen LogP contribution is 2.17. The number of carbonyl (C=O) groups excluding carboxylic acids is 2. The first-order valence-corrected chi connectivity index (χ1v) is 8.83. The zero-order valence-electron chi connectivity index (χ0n) is 15.8. The van der Waals surface area contributed by atoms with E-state index in [1.54, 1.807) is 29.2 Å². The molecule has 0 saturated heterocycles. The standard InChI is InChI=1S/C21H26N2O3/c1-5-23(6-2)21(25)17-8-7-9-18(13-17)22-20(24)14-26-19-11-10-15(3)16(4)12-19/h7-13H,5-6,14H2,1-4H3,(H,22,24). The summed E-state index contributed by atoms with van der Waals surface area (Å²) in [6.07, 6.45) is 0. The van der Waals surface area contributed by atoms with Crippen molar-refractivity contribution in [3.8, 4) is 5.75 Å². The van der Waals surface area contributed by atoms with Crippen LogP contribution in [0.4, 0.5) is 5.69 Å². The zero-order chi connectivity index (χ0) is 19.1. The van der Waals surface area contributed by atoms with Gasteiger partial charge in [0, 0.05) is 24.3 Å². The Balaban J connectivity index is 1.97. The number of nitrogens with zero attached hydrogens (tertiary/aromatic N) is 1. The van der Waals surface area contributed by atoms with Crippen LogP contribution in [0.5, 0.6) is 5.75 Å². The van der Waals surface area contributed by atoms with E-state index in [0.29, 0.717) is 30.1 Å². The van der Waals surface area contributed by atoms with Gasteiger partial charge in [-0.15, -0.1) is 0 Å². The van der Waals surface area contributed by atoms with E-state index in [2.05, 4.69) is 5.32 Å². The number of rotatable bonds is 7. The lowest BCUT2D eigenvalue weighted by atomic mass is 10.1. The van der Waals surface area contributed by atoms with Gasteiger partial charge in [-0.3, -0.25) is 9.59 Å². The third-order valence-corrected chi connectivity index (χ3v) is 4.29. The topological polar surface area (TPSA) is 58.6 Å². The summed E-state index contributed by atoms with van der Waals surface area (Å²) in [5, 5.41) is 2.77. The molecular weight excluding hydrogens is 328 g/mol. The van der Waals surface area contributed by atoms with Gasteiger partial charge >= 0.3 is 0 Å². The normalized spacial score (nSPS) is 10.3. The molecule has 2 aromatic carbocycles. The predicted octanol–water partition coefficient (Wildman–Crippen LogP) is 3.80. The largest absolute Gasteiger partial charge is 0.484 e. The molecule has 0 saturated carbocycles. The molecule has 0 fully saturated rings. The fourth-order valence-corrected chi connectivity index (χ4v) is 2.57. The Morgan fingerprint density at radius 1 is 1.00 bits per heavy atom. The number of anilines is 1. The van der Waals surface area contributed by atoms with E-state index >= 15 is 0 Å². The molecule has 0 atom stereocenters. The van der Waals surface area contributed by atoms with E-state index in [-0.39, 0.29) is 18.4 Å². The highest BCUT2D eigenvalue weighted by molar-refractivity contribution is 5.97. The van der Waals surface area contributed by atoms with Crippen LogP contribution < -0.4 is 10.1 Å². The van der Waals surface area contributed by atoms with Crippen molar-refractivity contribution < 1.29 is 14.3 Å². The molecule has 0 aromatic heterocycles. The summed E-state index contributed by atoms with van der Waals surface area (Å²) in [5.41, 5.74) is 3.43. The molecule has 2 amide bonds. The summed E-state index contributed by atoms with van der Waals surface area (Å²) < 4.78 is 5.54. The van der Waals surface area contributed by atoms with Crippen LogP contribution in [0.3, 0.4) is 0 Å². The van der Waals surface area contributed by atoms with Crippen molar-refractivity contribution in [2.75, 3.05) is 25.0 Å². The first kappa shape index (κ1) is 19.5. The molecule has 1 N–H and O–H groups in total. The minimum Gasteiger partial charge on any atom is -0.484 e. The molecule has 0 aliphatic rings. The summed E-state index contributed by atoms with van der Waals surface area (Å²) >= 11 is 0. The summed E-state index contributed by atoms with van der Waals surface area (Å²) in [7, 11) is 0. The van der Waals surface area contributed by atoms with Gasteiger partial charge in [-0.05, 0) is 69.2 Å². The number of benzene rings is 2. The van der Waals surface area contributed by atoms with Crippen molar-refractivity contribution in [2.45, 2.75) is 27.7 Å². The van der Waals surface area contributed by atoms with Crippen molar-refractivity contribution in [2.24, 2.45) is 0 Å². The third-order valence-electron chi connectivity index (χ3n) is 4.29. The smallest absolute Gasteiger partial charge is 0.262 e. The fraction of sp³-hybridized carbons (Fsp3) is 0.333. The second-order valence-corrected chi connectivity index (χ2v) is 6.14. The molecule has 0 radical (unpaired) electrons. The van der Waals surface area contributed by atoms with Gasteiger partial charge in [-0.1, -0.05) is 12.1 Å². The van der Waals surface area contributed by atoms with Crippen molar-refractivity contribution in [3.63, 3.8) is 0 Å². The highest BCUT2D eigenvalue weighted by atomic mass is 16.5. The van der Waals surface area contributed by atoms with E-state index < -0.39 is 0 Å². The molecule has 5 nitrogen and oxygen atoms in total. The van der Waals surface area contributed by atoms with E-state index in [1.807, 2.05) is 45.9 Å². The van der Waals surface area contributed by atoms with Crippen molar-refractivity contribution in [3.05, 3.63) is 59.2 Å². The van der Waals surface area contributed by atoms with Gasteiger partial charge in [0.15, 0.2) is 6.61 Å². The van der Waals surface area contributed by atoms with Crippen molar-refractivity contribution in [1.29, 1.82) is 0 Å². The minimum absolute atomic E-state index is 0.0440. The molecule has 2 aromatic rings. The second kappa shape index (κ2) is 9.04. The van der Waals surface area contributed by atoms with Crippen LogP contribution in [-0.4, -0.2) is 36.4 Å². The van der Waals surface area contributed by atoms with Gasteiger partial charge in [0.1, 0.15) is 5.75 Å². The van der Waals surface area contributed by atoms with Crippen molar-refractivity contribution >= 4 is 17.5 Å². The summed E-state index contributed by atoms with van der Waals surface area (Å²) in [4.78, 5) is 26.3. The lowest BCUT2D eigenvalue weighted by molar-refractivity contribution is -0.118. The third kappa shape index (κ3) is 5.09. The molecule has 0 aliphatic heterocycles. The number of aryl methyl sites for hydroxylation is 2. The maximum Gasteiger partial charge on any atom is 0.262 e. The van der Waals surface area contributed by atoms with Crippen LogP contribution in [0.15, 0.2) is 42.5 Å². The van der Waals surface area contributed by atoms with Crippen LogP contribution in [-0.2, 0) is 4.79 Å². The quantitative estimate of drug-likeness (QED) is 0.823. The Hall–Kier alpha value is -2.82. The Bertz CT molecular complexity index is 783. The average molecular weight is 354 g/mol. The fourth-order valence-electron chi connectivity index (χ4n) is 2.57. The molecule has 5 heteroatoms. The predicted molar refractivity (Wildman–Crippen MR) is 104 cm³/mol. The Morgan fingerprint density at radius 2 is 1.73 bits per heavy atom. The van der Waals surface area contributed by atoms with Gasteiger partial charge in [-0.25, -0.2) is 0 Å². The molecule has 0 heterocycles. The molecule has 138 valence electrons. The van der Waals surface area contributed by atoms with Crippen LogP contribution >= 0.6 is 0 Å². The Labute approximate surface area is 155 Å². The van der Waals surface area contributed by atoms with E-state index in [9.17, 15) is 9.59 Å². The molecule has 0 spiro atoms. The molecular formula is C21H26N2O3. The number of hydrogen-bond donors (Lipinski definition) is 1. The second-order valence-electron chi connectivity index (χ2n) is 6.14. The molecule has 26 heavy (non-hydrogen) atoms. The summed E-state index contributed by atoms with van der Waals surface area (Å²) in [5.74, 6) is 0.349. The number of nitrogens with one attached hydrogen (secondary N) is 1. The maximum absolute atomic E-state index is 12.4. The summed E-state index contributed by atoms with van der Waals surface area (Å²) in [6.45, 7) is 9.12. The van der Waals surface area contributed by atoms with Gasteiger partial charge in [-0.2, -0.15) is 0 Å². The number of amides is 2. The molecule has 0 aliphatic carbocycles. The average Bonchev–Trinajstić information content (AvgIpc) is 2.64. The Morgan fingerprint density at radius 3 is 2.38 bits per heavy atom. The monoisotopic (exact) mass is 354 g/mol. The Kier molecular flexibility index (Phi) is 6.78. The zero-order valence-corrected chi connectivity index (χ0v) is 15.8. The van der Waals surface area contributed by atoms with E-state index in [4.69, 9.17) is 4.74 Å². The van der Waals surface area contributed by atoms with Crippen molar-refractivity contribution in [1.82, 2.24) is 4.90 Å². The molecule has 0 unspecified atom stereocenters. The molecule has 2 rings (SSSR count). The van der Waals surface area contributed by atoms with Gasteiger partial charge in [0.25, 0.3) is 11.8 Å². The van der Waals surface area contributed by atoms with E-state index in [0.717, 1.165) is 5.56 Å². The van der Waals surface area contributed by atoms with Gasteiger partial charge in [0.05, 0.1) is 0 Å². The number of hydrogen-bond acceptors (Lipinski definition) is 3. The van der Waals surface area contributed by atoms with Gasteiger partial charge < -0.3 is 15.0 Å².